The number of nitrogens with zero attached hydrogens (tertiary/aromatic N) is 4. The Bertz CT molecular complexity index is 1110. The molecule has 3 heterocycles. The van der Waals surface area contributed by atoms with E-state index in [2.05, 4.69) is 20.3 Å². The third-order valence-corrected chi connectivity index (χ3v) is 5.37. The standard InChI is InChI=1S/C20H18F3N5/c1-11-7-24-18-16(21)6-12(9-28(11)18)14-4-5-17-15(14)8-25-19(27-17)26-10-20(22,23)13-2-3-13/h4,6-9,13H,2-3,5,10H2,1H3,(H,25,26,27). The van der Waals surface area contributed by atoms with Crippen molar-refractivity contribution in [1.82, 2.24) is 19.4 Å². The van der Waals surface area contributed by atoms with Crippen LogP contribution in [0.3, 0.4) is 0 Å². The van der Waals surface area contributed by atoms with Gasteiger partial charge in [-0.1, -0.05) is 6.08 Å². The lowest BCUT2D eigenvalue weighted by atomic mass is 10.0. The minimum absolute atomic E-state index is 0.195. The smallest absolute Gasteiger partial charge is 0.267 e. The van der Waals surface area contributed by atoms with Gasteiger partial charge in [0.2, 0.25) is 5.95 Å². The van der Waals surface area contributed by atoms with Gasteiger partial charge in [-0.2, -0.15) is 0 Å². The van der Waals surface area contributed by atoms with Gasteiger partial charge in [-0.15, -0.1) is 0 Å². The van der Waals surface area contributed by atoms with E-state index in [4.69, 9.17) is 0 Å². The number of rotatable bonds is 5. The highest BCUT2D eigenvalue weighted by molar-refractivity contribution is 5.84. The van der Waals surface area contributed by atoms with E-state index in [0.717, 1.165) is 22.5 Å². The number of halogens is 3. The van der Waals surface area contributed by atoms with Gasteiger partial charge in [-0.05, 0) is 31.4 Å². The maximum atomic E-state index is 14.4. The van der Waals surface area contributed by atoms with Gasteiger partial charge < -0.3 is 9.72 Å². The van der Waals surface area contributed by atoms with Gasteiger partial charge in [0.1, 0.15) is 0 Å². The number of hydrogen-bond donors (Lipinski definition) is 1. The first-order valence-corrected chi connectivity index (χ1v) is 9.24. The van der Waals surface area contributed by atoms with Crippen molar-refractivity contribution in [3.05, 3.63) is 59.1 Å². The Morgan fingerprint density at radius 1 is 1.25 bits per heavy atom. The van der Waals surface area contributed by atoms with Crippen molar-refractivity contribution in [2.75, 3.05) is 11.9 Å². The summed E-state index contributed by atoms with van der Waals surface area (Å²) in [5.74, 6) is -3.47. The van der Waals surface area contributed by atoms with Crippen LogP contribution < -0.4 is 5.32 Å². The van der Waals surface area contributed by atoms with Crippen molar-refractivity contribution in [3.63, 3.8) is 0 Å². The van der Waals surface area contributed by atoms with Crippen LogP contribution in [0.1, 0.15) is 35.4 Å². The van der Waals surface area contributed by atoms with E-state index in [1.165, 1.54) is 6.07 Å². The normalized spacial score (nSPS) is 16.4. The molecule has 0 atom stereocenters. The van der Waals surface area contributed by atoms with Gasteiger partial charge in [0.05, 0.1) is 12.2 Å². The molecule has 5 nitrogen and oxygen atoms in total. The molecule has 2 aliphatic carbocycles. The quantitative estimate of drug-likeness (QED) is 0.721. The van der Waals surface area contributed by atoms with E-state index in [0.29, 0.717) is 24.8 Å². The molecule has 1 fully saturated rings. The fraction of sp³-hybridized carbons (Fsp3) is 0.350. The summed E-state index contributed by atoms with van der Waals surface area (Å²) in [5.41, 5.74) is 4.18. The van der Waals surface area contributed by atoms with Gasteiger partial charge in [-0.25, -0.2) is 28.1 Å². The average molecular weight is 385 g/mol. The minimum atomic E-state index is -2.73. The number of aryl methyl sites for hydroxylation is 1. The SMILES string of the molecule is Cc1cnc2c(F)cc(C3=CCc4nc(NCC(F)(F)C5CC5)ncc43)cn12. The van der Waals surface area contributed by atoms with Crippen LogP contribution in [0.15, 0.2) is 30.7 Å². The summed E-state index contributed by atoms with van der Waals surface area (Å²) < 4.78 is 43.8. The molecule has 0 amide bonds. The van der Waals surface area contributed by atoms with Crippen molar-refractivity contribution in [3.8, 4) is 0 Å². The number of alkyl halides is 2. The van der Waals surface area contributed by atoms with Crippen LogP contribution >= 0.6 is 0 Å². The van der Waals surface area contributed by atoms with Crippen molar-refractivity contribution in [2.24, 2.45) is 5.92 Å². The lowest BCUT2D eigenvalue weighted by molar-refractivity contribution is -0.00832. The molecule has 0 aliphatic heterocycles. The maximum Gasteiger partial charge on any atom is 0.267 e. The van der Waals surface area contributed by atoms with Gasteiger partial charge in [0.25, 0.3) is 5.92 Å². The van der Waals surface area contributed by atoms with Gasteiger partial charge >= 0.3 is 0 Å². The first-order chi connectivity index (χ1) is 13.4. The molecule has 0 saturated heterocycles. The van der Waals surface area contributed by atoms with Crippen LogP contribution in [0.2, 0.25) is 0 Å². The molecule has 28 heavy (non-hydrogen) atoms. The lowest BCUT2D eigenvalue weighted by Crippen LogP contribution is -2.30. The zero-order valence-corrected chi connectivity index (χ0v) is 15.2. The molecule has 0 bridgehead atoms. The molecule has 3 aromatic rings. The summed E-state index contributed by atoms with van der Waals surface area (Å²) >= 11 is 0. The molecule has 3 aromatic heterocycles. The fourth-order valence-electron chi connectivity index (χ4n) is 3.62. The lowest BCUT2D eigenvalue weighted by Gasteiger charge is -2.16. The molecular formula is C20H18F3N5. The maximum absolute atomic E-state index is 14.4. The van der Waals surface area contributed by atoms with Crippen molar-refractivity contribution in [2.45, 2.75) is 32.1 Å². The molecule has 0 radical (unpaired) electrons. The summed E-state index contributed by atoms with van der Waals surface area (Å²) in [4.78, 5) is 12.6. The van der Waals surface area contributed by atoms with Crippen LogP contribution in [0, 0.1) is 18.7 Å². The zero-order chi connectivity index (χ0) is 19.5. The van der Waals surface area contributed by atoms with Crippen molar-refractivity contribution in [1.29, 1.82) is 0 Å². The number of imidazole rings is 1. The Morgan fingerprint density at radius 3 is 2.86 bits per heavy atom. The van der Waals surface area contributed by atoms with E-state index >= 15 is 0 Å². The Balaban J connectivity index is 1.41. The van der Waals surface area contributed by atoms with Gasteiger partial charge in [0.15, 0.2) is 11.5 Å². The molecule has 1 N–H and O–H groups in total. The molecule has 5 rings (SSSR count). The molecule has 1 saturated carbocycles. The molecule has 144 valence electrons. The Hall–Kier alpha value is -2.90. The number of nitrogens with one attached hydrogen (secondary N) is 1. The number of pyridine rings is 1. The first-order valence-electron chi connectivity index (χ1n) is 9.24. The van der Waals surface area contributed by atoms with Gasteiger partial charge in [0, 0.05) is 47.8 Å². The third kappa shape index (κ3) is 2.83. The Labute approximate surface area is 159 Å². The summed E-state index contributed by atoms with van der Waals surface area (Å²) in [7, 11) is 0. The van der Waals surface area contributed by atoms with Gasteiger partial charge in [-0.3, -0.25) is 0 Å². The summed E-state index contributed by atoms with van der Waals surface area (Å²) in [6, 6.07) is 1.45. The van der Waals surface area contributed by atoms with E-state index < -0.39 is 24.2 Å². The second-order valence-electron chi connectivity index (χ2n) is 7.43. The summed E-state index contributed by atoms with van der Waals surface area (Å²) in [6.07, 6.45) is 8.72. The van der Waals surface area contributed by atoms with Crippen molar-refractivity contribution >= 4 is 17.2 Å². The Morgan fingerprint density at radius 2 is 2.07 bits per heavy atom. The van der Waals surface area contributed by atoms with E-state index in [9.17, 15) is 13.2 Å². The number of aromatic nitrogens is 4. The zero-order valence-electron chi connectivity index (χ0n) is 15.2. The minimum Gasteiger partial charge on any atom is -0.348 e. The van der Waals surface area contributed by atoms with E-state index in [1.54, 1.807) is 16.8 Å². The fourth-order valence-corrected chi connectivity index (χ4v) is 3.62. The predicted molar refractivity (Wildman–Crippen MR) is 98.9 cm³/mol. The largest absolute Gasteiger partial charge is 0.348 e. The number of anilines is 1. The monoisotopic (exact) mass is 385 g/mol. The highest BCUT2D eigenvalue weighted by Crippen LogP contribution is 2.43. The highest BCUT2D eigenvalue weighted by Gasteiger charge is 2.46. The highest BCUT2D eigenvalue weighted by atomic mass is 19.3. The molecule has 0 spiro atoms. The third-order valence-electron chi connectivity index (χ3n) is 5.37. The number of fused-ring (bicyclic) bond motifs is 2. The molecule has 2 aliphatic rings. The van der Waals surface area contributed by atoms with Crippen LogP contribution in [0.25, 0.3) is 11.2 Å². The van der Waals surface area contributed by atoms with E-state index in [-0.39, 0.29) is 11.6 Å². The second kappa shape index (κ2) is 6.05. The topological polar surface area (TPSA) is 55.1 Å². The number of allylic oxidation sites excluding steroid dienone is 1. The summed E-state index contributed by atoms with van der Waals surface area (Å²) in [6.45, 7) is 1.40. The average Bonchev–Trinajstić information content (AvgIpc) is 3.36. The second-order valence-corrected chi connectivity index (χ2v) is 7.43. The van der Waals surface area contributed by atoms with Crippen LogP contribution in [-0.2, 0) is 6.42 Å². The van der Waals surface area contributed by atoms with Crippen LogP contribution in [0.5, 0.6) is 0 Å². The van der Waals surface area contributed by atoms with Crippen molar-refractivity contribution < 1.29 is 13.2 Å². The first kappa shape index (κ1) is 17.2. The molecule has 8 heteroatoms. The predicted octanol–water partition coefficient (Wildman–Crippen LogP) is 4.02. The van der Waals surface area contributed by atoms with E-state index in [1.807, 2.05) is 19.2 Å². The molecule has 0 aromatic carbocycles. The summed E-state index contributed by atoms with van der Waals surface area (Å²) in [5, 5.41) is 2.66. The molecular weight excluding hydrogens is 367 g/mol. The molecule has 0 unspecified atom stereocenters. The Kier molecular flexibility index (Phi) is 3.72. The number of hydrogen-bond acceptors (Lipinski definition) is 4. The van der Waals surface area contributed by atoms with Crippen LogP contribution in [0.4, 0.5) is 19.1 Å². The van der Waals surface area contributed by atoms with Crippen LogP contribution in [-0.4, -0.2) is 31.8 Å².